The molecule has 152 valence electrons. The minimum Gasteiger partial charge on any atom is -0.368 e. The molecule has 0 aliphatic rings. The lowest BCUT2D eigenvalue weighted by atomic mass is 10.1. The highest BCUT2D eigenvalue weighted by molar-refractivity contribution is 5.76. The van der Waals surface area contributed by atoms with E-state index in [0.29, 0.717) is 25.0 Å². The van der Waals surface area contributed by atoms with Gasteiger partial charge in [-0.2, -0.15) is 4.98 Å². The molecule has 31 heavy (non-hydrogen) atoms. The molecule has 0 saturated carbocycles. The van der Waals surface area contributed by atoms with Gasteiger partial charge in [0.1, 0.15) is 11.3 Å². The fourth-order valence-corrected chi connectivity index (χ4v) is 3.94. The summed E-state index contributed by atoms with van der Waals surface area (Å²) in [6.45, 7) is 0.703. The van der Waals surface area contributed by atoms with Crippen LogP contribution in [0, 0.1) is 0 Å². The third-order valence-corrected chi connectivity index (χ3v) is 5.37. The first-order chi connectivity index (χ1) is 15.3. The lowest BCUT2D eigenvalue weighted by molar-refractivity contribution is 0.758. The smallest absolute Gasteiger partial charge is 0.222 e. The SMILES string of the molecule is Nc1nc(Cc2ccccc2)c2c(n1)nc(Cc1ccccc1)n2Cc1ccccc1. The largest absolute Gasteiger partial charge is 0.368 e. The maximum absolute atomic E-state index is 6.07. The molecule has 0 radical (unpaired) electrons. The zero-order chi connectivity index (χ0) is 21.0. The van der Waals surface area contributed by atoms with Crippen LogP contribution in [0.5, 0.6) is 0 Å². The summed E-state index contributed by atoms with van der Waals surface area (Å²) in [6, 6.07) is 31.1. The van der Waals surface area contributed by atoms with Crippen LogP contribution in [0.4, 0.5) is 5.95 Å². The van der Waals surface area contributed by atoms with Gasteiger partial charge in [0.15, 0.2) is 5.65 Å². The Balaban J connectivity index is 1.66. The summed E-state index contributed by atoms with van der Waals surface area (Å²) >= 11 is 0. The Morgan fingerprint density at radius 2 is 1.16 bits per heavy atom. The van der Waals surface area contributed by atoms with Crippen LogP contribution >= 0.6 is 0 Å². The molecule has 2 N–H and O–H groups in total. The number of nitrogen functional groups attached to an aromatic ring is 1. The van der Waals surface area contributed by atoms with E-state index in [1.165, 1.54) is 16.7 Å². The molecule has 0 amide bonds. The standard InChI is InChI=1S/C26H23N5/c27-26-28-22(16-19-10-4-1-5-11-19)24-25(30-26)29-23(17-20-12-6-2-7-13-20)31(24)18-21-14-8-3-9-15-21/h1-15H,16-18H2,(H2,27,28,30). The van der Waals surface area contributed by atoms with E-state index in [-0.39, 0.29) is 5.95 Å². The highest BCUT2D eigenvalue weighted by atomic mass is 15.2. The molecule has 5 nitrogen and oxygen atoms in total. The molecule has 5 rings (SSSR count). The van der Waals surface area contributed by atoms with E-state index in [9.17, 15) is 0 Å². The van der Waals surface area contributed by atoms with E-state index in [0.717, 1.165) is 17.0 Å². The number of nitrogens with zero attached hydrogens (tertiary/aromatic N) is 4. The summed E-state index contributed by atoms with van der Waals surface area (Å²) in [5.41, 5.74) is 12.2. The van der Waals surface area contributed by atoms with Crippen LogP contribution < -0.4 is 5.73 Å². The van der Waals surface area contributed by atoms with E-state index in [2.05, 4.69) is 75.2 Å². The fourth-order valence-electron chi connectivity index (χ4n) is 3.94. The second-order valence-corrected chi connectivity index (χ2v) is 7.63. The van der Waals surface area contributed by atoms with Gasteiger partial charge in [-0.25, -0.2) is 9.97 Å². The maximum Gasteiger partial charge on any atom is 0.222 e. The van der Waals surface area contributed by atoms with Gasteiger partial charge >= 0.3 is 0 Å². The van der Waals surface area contributed by atoms with Crippen molar-refractivity contribution in [2.45, 2.75) is 19.4 Å². The second kappa shape index (κ2) is 8.40. The normalized spacial score (nSPS) is 11.1. The minimum atomic E-state index is 0.258. The fraction of sp³-hybridized carbons (Fsp3) is 0.115. The predicted octanol–water partition coefficient (Wildman–Crippen LogP) is 4.64. The summed E-state index contributed by atoms with van der Waals surface area (Å²) in [6.07, 6.45) is 1.39. The summed E-state index contributed by atoms with van der Waals surface area (Å²) in [7, 11) is 0. The van der Waals surface area contributed by atoms with Gasteiger partial charge in [-0.05, 0) is 16.7 Å². The van der Waals surface area contributed by atoms with Crippen molar-refractivity contribution in [2.24, 2.45) is 0 Å². The monoisotopic (exact) mass is 405 g/mol. The molecule has 5 heteroatoms. The van der Waals surface area contributed by atoms with Crippen molar-refractivity contribution < 1.29 is 0 Å². The lowest BCUT2D eigenvalue weighted by Crippen LogP contribution is -2.09. The van der Waals surface area contributed by atoms with E-state index in [1.807, 2.05) is 30.3 Å². The lowest BCUT2D eigenvalue weighted by Gasteiger charge is -2.12. The van der Waals surface area contributed by atoms with E-state index < -0.39 is 0 Å². The molecule has 0 spiro atoms. The van der Waals surface area contributed by atoms with Crippen LogP contribution in [0.3, 0.4) is 0 Å². The molecule has 0 aliphatic carbocycles. The van der Waals surface area contributed by atoms with Crippen molar-refractivity contribution in [2.75, 3.05) is 5.73 Å². The number of aromatic nitrogens is 4. The van der Waals surface area contributed by atoms with Gasteiger partial charge in [0, 0.05) is 19.4 Å². The van der Waals surface area contributed by atoms with Crippen LogP contribution in [0.25, 0.3) is 11.2 Å². The highest BCUT2D eigenvalue weighted by Crippen LogP contribution is 2.24. The van der Waals surface area contributed by atoms with Gasteiger partial charge in [-0.1, -0.05) is 91.0 Å². The number of imidazole rings is 1. The Morgan fingerprint density at radius 3 is 1.77 bits per heavy atom. The molecule has 2 heterocycles. The molecule has 0 bridgehead atoms. The molecule has 3 aromatic carbocycles. The van der Waals surface area contributed by atoms with Gasteiger partial charge in [0.25, 0.3) is 0 Å². The third kappa shape index (κ3) is 4.16. The van der Waals surface area contributed by atoms with Crippen LogP contribution in [0.15, 0.2) is 91.0 Å². The Kier molecular flexibility index (Phi) is 5.15. The van der Waals surface area contributed by atoms with Crippen molar-refractivity contribution in [3.05, 3.63) is 119 Å². The average Bonchev–Trinajstić information content (AvgIpc) is 3.12. The highest BCUT2D eigenvalue weighted by Gasteiger charge is 2.18. The molecule has 0 aliphatic heterocycles. The Hall–Kier alpha value is -3.99. The number of hydrogen-bond acceptors (Lipinski definition) is 4. The number of hydrogen-bond donors (Lipinski definition) is 1. The number of nitrogens with two attached hydrogens (primary N) is 1. The van der Waals surface area contributed by atoms with Crippen molar-refractivity contribution in [1.29, 1.82) is 0 Å². The quantitative estimate of drug-likeness (QED) is 0.447. The van der Waals surface area contributed by atoms with E-state index >= 15 is 0 Å². The summed E-state index contributed by atoms with van der Waals surface area (Å²) in [5.74, 6) is 1.22. The number of anilines is 1. The zero-order valence-corrected chi connectivity index (χ0v) is 17.1. The summed E-state index contributed by atoms with van der Waals surface area (Å²) in [4.78, 5) is 14.0. The molecule has 0 fully saturated rings. The summed E-state index contributed by atoms with van der Waals surface area (Å²) in [5, 5.41) is 0. The van der Waals surface area contributed by atoms with Crippen molar-refractivity contribution >= 4 is 17.1 Å². The zero-order valence-electron chi connectivity index (χ0n) is 17.1. The molecule has 0 atom stereocenters. The van der Waals surface area contributed by atoms with Crippen LogP contribution in [-0.2, 0) is 19.4 Å². The van der Waals surface area contributed by atoms with Gasteiger partial charge in [0.05, 0.1) is 5.69 Å². The predicted molar refractivity (Wildman–Crippen MR) is 124 cm³/mol. The van der Waals surface area contributed by atoms with Crippen LogP contribution in [0.2, 0.25) is 0 Å². The minimum absolute atomic E-state index is 0.258. The Morgan fingerprint density at radius 1 is 0.613 bits per heavy atom. The van der Waals surface area contributed by atoms with Gasteiger partial charge < -0.3 is 10.3 Å². The van der Waals surface area contributed by atoms with Gasteiger partial charge in [-0.15, -0.1) is 0 Å². The maximum atomic E-state index is 6.07. The first kappa shape index (κ1) is 19.0. The molecule has 0 saturated heterocycles. The summed E-state index contributed by atoms with van der Waals surface area (Å²) < 4.78 is 2.25. The molecular formula is C26H23N5. The molecule has 2 aromatic heterocycles. The van der Waals surface area contributed by atoms with Gasteiger partial charge in [0.2, 0.25) is 5.95 Å². The van der Waals surface area contributed by atoms with E-state index in [4.69, 9.17) is 10.7 Å². The molecule has 0 unspecified atom stereocenters. The Bertz CT molecular complexity index is 1300. The van der Waals surface area contributed by atoms with Crippen LogP contribution in [-0.4, -0.2) is 19.5 Å². The first-order valence-corrected chi connectivity index (χ1v) is 10.4. The van der Waals surface area contributed by atoms with Crippen LogP contribution in [0.1, 0.15) is 28.2 Å². The van der Waals surface area contributed by atoms with E-state index in [1.54, 1.807) is 0 Å². The Labute approximate surface area is 181 Å². The number of benzene rings is 3. The second-order valence-electron chi connectivity index (χ2n) is 7.63. The number of fused-ring (bicyclic) bond motifs is 1. The third-order valence-electron chi connectivity index (χ3n) is 5.37. The van der Waals surface area contributed by atoms with Crippen molar-refractivity contribution in [3.8, 4) is 0 Å². The van der Waals surface area contributed by atoms with Crippen molar-refractivity contribution in [1.82, 2.24) is 19.5 Å². The number of rotatable bonds is 6. The average molecular weight is 406 g/mol. The van der Waals surface area contributed by atoms with Crippen molar-refractivity contribution in [3.63, 3.8) is 0 Å². The molecule has 5 aromatic rings. The van der Waals surface area contributed by atoms with Gasteiger partial charge in [-0.3, -0.25) is 0 Å². The topological polar surface area (TPSA) is 69.6 Å². The molecular weight excluding hydrogens is 382 g/mol. The first-order valence-electron chi connectivity index (χ1n) is 10.4.